The average molecular weight is 129 g/mol. The van der Waals surface area contributed by atoms with Gasteiger partial charge in [0.1, 0.15) is 0 Å². The van der Waals surface area contributed by atoms with Crippen molar-refractivity contribution in [3.63, 3.8) is 0 Å². The summed E-state index contributed by atoms with van der Waals surface area (Å²) < 4.78 is 5.44. The van der Waals surface area contributed by atoms with Crippen molar-refractivity contribution in [3.05, 3.63) is 0 Å². The third-order valence-electron chi connectivity index (χ3n) is 2.39. The van der Waals surface area contributed by atoms with Gasteiger partial charge in [-0.15, -0.1) is 0 Å². The molecule has 2 atom stereocenters. The highest BCUT2D eigenvalue weighted by atomic mass is 16.5. The molecule has 2 N–H and O–H groups in total. The van der Waals surface area contributed by atoms with E-state index in [4.69, 9.17) is 10.5 Å². The fourth-order valence-corrected chi connectivity index (χ4v) is 1.10. The molecule has 1 aliphatic rings. The molecule has 9 heavy (non-hydrogen) atoms. The normalized spacial score (nSPS) is 41.3. The average Bonchev–Trinajstić information content (AvgIpc) is 1.97. The van der Waals surface area contributed by atoms with Crippen LogP contribution in [0.4, 0.5) is 0 Å². The monoisotopic (exact) mass is 129 g/mol. The molecule has 1 saturated heterocycles. The van der Waals surface area contributed by atoms with Gasteiger partial charge in [0.25, 0.3) is 0 Å². The van der Waals surface area contributed by atoms with E-state index in [1.54, 1.807) is 0 Å². The van der Waals surface area contributed by atoms with Crippen LogP contribution in [0.2, 0.25) is 0 Å². The van der Waals surface area contributed by atoms with Crippen LogP contribution in [0.15, 0.2) is 0 Å². The van der Waals surface area contributed by atoms with Crippen LogP contribution >= 0.6 is 0 Å². The lowest BCUT2D eigenvalue weighted by Crippen LogP contribution is -2.33. The predicted octanol–water partition coefficient (Wildman–Crippen LogP) is 0.759. The van der Waals surface area contributed by atoms with Crippen LogP contribution in [0.1, 0.15) is 20.8 Å². The van der Waals surface area contributed by atoms with Gasteiger partial charge in [0, 0.05) is 12.0 Å². The Balaban J connectivity index is 2.62. The summed E-state index contributed by atoms with van der Waals surface area (Å²) in [7, 11) is 0. The van der Waals surface area contributed by atoms with Crippen molar-refractivity contribution in [1.82, 2.24) is 0 Å². The topological polar surface area (TPSA) is 35.2 Å². The summed E-state index contributed by atoms with van der Waals surface area (Å²) in [5.41, 5.74) is 5.73. The standard InChI is InChI=1S/C7H15NO/c1-5-6(8)4-9-7(5,2)3/h5-6H,4,8H2,1-3H3. The molecule has 0 bridgehead atoms. The molecule has 0 radical (unpaired) electrons. The van der Waals surface area contributed by atoms with Gasteiger partial charge in [-0.1, -0.05) is 6.92 Å². The van der Waals surface area contributed by atoms with E-state index in [0.29, 0.717) is 12.5 Å². The summed E-state index contributed by atoms with van der Waals surface area (Å²) in [4.78, 5) is 0. The Bertz CT molecular complexity index is 111. The Kier molecular flexibility index (Phi) is 1.53. The zero-order valence-corrected chi connectivity index (χ0v) is 6.35. The quantitative estimate of drug-likeness (QED) is 0.524. The molecule has 0 spiro atoms. The first-order chi connectivity index (χ1) is 4.04. The Morgan fingerprint density at radius 3 is 2.22 bits per heavy atom. The summed E-state index contributed by atoms with van der Waals surface area (Å²) in [6, 6.07) is 0.236. The van der Waals surface area contributed by atoms with Crippen LogP contribution in [-0.2, 0) is 4.74 Å². The Hall–Kier alpha value is -0.0800. The number of hydrogen-bond acceptors (Lipinski definition) is 2. The number of ether oxygens (including phenoxy) is 1. The molecule has 1 aliphatic heterocycles. The molecule has 1 rings (SSSR count). The fraction of sp³-hybridized carbons (Fsp3) is 1.00. The minimum Gasteiger partial charge on any atom is -0.374 e. The van der Waals surface area contributed by atoms with E-state index in [9.17, 15) is 0 Å². The van der Waals surface area contributed by atoms with Gasteiger partial charge in [-0.2, -0.15) is 0 Å². The van der Waals surface area contributed by atoms with E-state index in [2.05, 4.69) is 20.8 Å². The van der Waals surface area contributed by atoms with Crippen LogP contribution in [0.25, 0.3) is 0 Å². The molecule has 0 saturated carbocycles. The largest absolute Gasteiger partial charge is 0.374 e. The second kappa shape index (κ2) is 1.96. The second-order valence-corrected chi connectivity index (χ2v) is 3.37. The van der Waals surface area contributed by atoms with Crippen molar-refractivity contribution >= 4 is 0 Å². The zero-order chi connectivity index (χ0) is 7.07. The third-order valence-corrected chi connectivity index (χ3v) is 2.39. The van der Waals surface area contributed by atoms with E-state index < -0.39 is 0 Å². The lowest BCUT2D eigenvalue weighted by molar-refractivity contribution is 0.0153. The van der Waals surface area contributed by atoms with Gasteiger partial charge in [0.2, 0.25) is 0 Å². The Morgan fingerprint density at radius 2 is 2.11 bits per heavy atom. The van der Waals surface area contributed by atoms with E-state index in [0.717, 1.165) is 0 Å². The second-order valence-electron chi connectivity index (χ2n) is 3.37. The predicted molar refractivity (Wildman–Crippen MR) is 37.2 cm³/mol. The van der Waals surface area contributed by atoms with Gasteiger partial charge in [-0.25, -0.2) is 0 Å². The number of hydrogen-bond donors (Lipinski definition) is 1. The lowest BCUT2D eigenvalue weighted by atomic mass is 9.90. The molecule has 1 heterocycles. The van der Waals surface area contributed by atoms with Gasteiger partial charge < -0.3 is 10.5 Å². The summed E-state index contributed by atoms with van der Waals surface area (Å²) in [6.45, 7) is 7.03. The van der Waals surface area contributed by atoms with Gasteiger partial charge >= 0.3 is 0 Å². The van der Waals surface area contributed by atoms with E-state index in [1.807, 2.05) is 0 Å². The van der Waals surface area contributed by atoms with E-state index >= 15 is 0 Å². The zero-order valence-electron chi connectivity index (χ0n) is 6.35. The molecule has 2 heteroatoms. The lowest BCUT2D eigenvalue weighted by Gasteiger charge is -2.23. The molecule has 2 unspecified atom stereocenters. The first kappa shape index (κ1) is 7.03. The van der Waals surface area contributed by atoms with Crippen LogP contribution in [0, 0.1) is 5.92 Å². The van der Waals surface area contributed by atoms with Gasteiger partial charge in [0.05, 0.1) is 12.2 Å². The maximum atomic E-state index is 5.73. The third kappa shape index (κ3) is 1.10. The molecule has 0 amide bonds. The molecule has 0 aromatic rings. The summed E-state index contributed by atoms with van der Waals surface area (Å²) in [6.07, 6.45) is 0. The van der Waals surface area contributed by atoms with Crippen molar-refractivity contribution in [2.75, 3.05) is 6.61 Å². The van der Waals surface area contributed by atoms with Gasteiger partial charge in [-0.05, 0) is 13.8 Å². The van der Waals surface area contributed by atoms with Crippen molar-refractivity contribution in [3.8, 4) is 0 Å². The number of rotatable bonds is 0. The van der Waals surface area contributed by atoms with E-state index in [-0.39, 0.29) is 11.6 Å². The number of nitrogens with two attached hydrogens (primary N) is 1. The summed E-state index contributed by atoms with van der Waals surface area (Å²) in [5.74, 6) is 0.484. The van der Waals surface area contributed by atoms with Crippen molar-refractivity contribution in [2.24, 2.45) is 11.7 Å². The van der Waals surface area contributed by atoms with Crippen molar-refractivity contribution in [1.29, 1.82) is 0 Å². The molecule has 2 nitrogen and oxygen atoms in total. The van der Waals surface area contributed by atoms with Crippen molar-refractivity contribution < 1.29 is 4.74 Å². The van der Waals surface area contributed by atoms with E-state index in [1.165, 1.54) is 0 Å². The minimum atomic E-state index is -0.000579. The smallest absolute Gasteiger partial charge is 0.0668 e. The summed E-state index contributed by atoms with van der Waals surface area (Å²) >= 11 is 0. The van der Waals surface area contributed by atoms with Crippen LogP contribution < -0.4 is 5.73 Å². The first-order valence-electron chi connectivity index (χ1n) is 3.43. The Morgan fingerprint density at radius 1 is 1.56 bits per heavy atom. The molecular formula is C7H15NO. The minimum absolute atomic E-state index is 0.000579. The fourth-order valence-electron chi connectivity index (χ4n) is 1.10. The van der Waals surface area contributed by atoms with Gasteiger partial charge in [0.15, 0.2) is 0 Å². The van der Waals surface area contributed by atoms with Gasteiger partial charge in [-0.3, -0.25) is 0 Å². The van der Waals surface area contributed by atoms with Crippen LogP contribution in [0.5, 0.6) is 0 Å². The van der Waals surface area contributed by atoms with Crippen LogP contribution in [-0.4, -0.2) is 18.2 Å². The summed E-state index contributed by atoms with van der Waals surface area (Å²) in [5, 5.41) is 0. The Labute approximate surface area is 56.4 Å². The highest BCUT2D eigenvalue weighted by Crippen LogP contribution is 2.29. The van der Waals surface area contributed by atoms with Crippen LogP contribution in [0.3, 0.4) is 0 Å². The highest BCUT2D eigenvalue weighted by Gasteiger charge is 2.37. The molecular weight excluding hydrogens is 114 g/mol. The maximum absolute atomic E-state index is 5.73. The molecule has 0 aromatic heterocycles. The molecule has 1 fully saturated rings. The highest BCUT2D eigenvalue weighted by molar-refractivity contribution is 4.89. The first-order valence-corrected chi connectivity index (χ1v) is 3.43. The SMILES string of the molecule is CC1C(N)COC1(C)C. The molecule has 0 aromatic carbocycles. The molecule has 54 valence electrons. The van der Waals surface area contributed by atoms with Crippen molar-refractivity contribution in [2.45, 2.75) is 32.4 Å². The maximum Gasteiger partial charge on any atom is 0.0668 e. The molecule has 0 aliphatic carbocycles.